The van der Waals surface area contributed by atoms with Gasteiger partial charge in [-0.25, -0.2) is 4.79 Å². The van der Waals surface area contributed by atoms with Gasteiger partial charge in [0.25, 0.3) is 0 Å². The summed E-state index contributed by atoms with van der Waals surface area (Å²) in [6, 6.07) is 15.2. The zero-order chi connectivity index (χ0) is 23.5. The Balaban J connectivity index is 1.43. The van der Waals surface area contributed by atoms with Gasteiger partial charge in [-0.2, -0.15) is 0 Å². The van der Waals surface area contributed by atoms with Crippen molar-refractivity contribution in [1.82, 2.24) is 24.3 Å². The number of imidazole rings is 1. The molecule has 2 aromatic carbocycles. The molecule has 1 fully saturated rings. The van der Waals surface area contributed by atoms with Gasteiger partial charge in [0.05, 0.1) is 17.1 Å². The molecule has 2 N–H and O–H groups in total. The summed E-state index contributed by atoms with van der Waals surface area (Å²) >= 11 is 0. The van der Waals surface area contributed by atoms with E-state index in [0.29, 0.717) is 17.7 Å². The van der Waals surface area contributed by atoms with Crippen LogP contribution in [0.1, 0.15) is 11.6 Å². The number of rotatable bonds is 5. The van der Waals surface area contributed by atoms with E-state index in [-0.39, 0.29) is 11.7 Å². The third-order valence-corrected chi connectivity index (χ3v) is 6.36. The second-order valence-corrected chi connectivity index (χ2v) is 8.53. The van der Waals surface area contributed by atoms with Crippen LogP contribution in [0, 0.1) is 0 Å². The van der Waals surface area contributed by atoms with E-state index in [1.54, 1.807) is 32.3 Å². The van der Waals surface area contributed by atoms with Crippen molar-refractivity contribution in [3.8, 4) is 0 Å². The number of fused-ring (bicyclic) bond motifs is 1. The number of aryl methyl sites for hydroxylation is 2. The Morgan fingerprint density at radius 1 is 0.879 bits per heavy atom. The maximum atomic E-state index is 12.6. The molecular weight excluding hydrogens is 420 g/mol. The lowest BCUT2D eigenvalue weighted by Crippen LogP contribution is -2.49. The summed E-state index contributed by atoms with van der Waals surface area (Å²) in [5.74, 6) is -1.42. The van der Waals surface area contributed by atoms with Crippen LogP contribution in [-0.2, 0) is 23.7 Å². The molecule has 1 aliphatic rings. The first-order valence-electron chi connectivity index (χ1n) is 11.1. The van der Waals surface area contributed by atoms with Crippen molar-refractivity contribution in [2.75, 3.05) is 45.1 Å². The van der Waals surface area contributed by atoms with E-state index in [2.05, 4.69) is 39.6 Å². The zero-order valence-electron chi connectivity index (χ0n) is 19.2. The summed E-state index contributed by atoms with van der Waals surface area (Å²) in [6.07, 6.45) is 0. The topological polar surface area (TPSA) is 91.6 Å². The van der Waals surface area contributed by atoms with Gasteiger partial charge >= 0.3 is 17.5 Å². The number of hydrogen-bond donors (Lipinski definition) is 2. The molecule has 174 valence electrons. The third-order valence-electron chi connectivity index (χ3n) is 6.36. The summed E-state index contributed by atoms with van der Waals surface area (Å²) in [4.78, 5) is 41.9. The largest absolute Gasteiger partial charge is 0.346 e. The molecule has 1 aromatic heterocycles. The number of nitrogens with one attached hydrogen (secondary N) is 2. The van der Waals surface area contributed by atoms with E-state index >= 15 is 0 Å². The molecule has 0 spiro atoms. The van der Waals surface area contributed by atoms with Gasteiger partial charge in [-0.1, -0.05) is 30.3 Å². The number of benzene rings is 2. The van der Waals surface area contributed by atoms with E-state index < -0.39 is 11.8 Å². The number of hydrogen-bond acceptors (Lipinski definition) is 5. The van der Waals surface area contributed by atoms with E-state index in [9.17, 15) is 14.4 Å². The molecule has 2 amide bonds. The van der Waals surface area contributed by atoms with Crippen LogP contribution in [0.15, 0.2) is 53.3 Å². The van der Waals surface area contributed by atoms with Gasteiger partial charge in [0, 0.05) is 52.5 Å². The lowest BCUT2D eigenvalue weighted by Gasteiger charge is -2.38. The van der Waals surface area contributed by atoms with Crippen LogP contribution in [-0.4, -0.2) is 70.5 Å². The molecular formula is C24H30N6O3. The summed E-state index contributed by atoms with van der Waals surface area (Å²) < 4.78 is 3.04. The molecule has 0 radical (unpaired) electrons. The van der Waals surface area contributed by atoms with Crippen LogP contribution in [0.4, 0.5) is 5.69 Å². The number of carbonyl (C=O) groups is 2. The average Bonchev–Trinajstić information content (AvgIpc) is 3.04. The van der Waals surface area contributed by atoms with Gasteiger partial charge in [-0.15, -0.1) is 0 Å². The Morgan fingerprint density at radius 2 is 1.55 bits per heavy atom. The van der Waals surface area contributed by atoms with Crippen molar-refractivity contribution < 1.29 is 9.59 Å². The number of amides is 2. The van der Waals surface area contributed by atoms with Crippen LogP contribution in [0.25, 0.3) is 11.0 Å². The molecule has 4 rings (SSSR count). The van der Waals surface area contributed by atoms with Crippen LogP contribution in [0.5, 0.6) is 0 Å². The zero-order valence-corrected chi connectivity index (χ0v) is 19.2. The second-order valence-electron chi connectivity index (χ2n) is 8.53. The number of anilines is 1. The number of piperazine rings is 1. The van der Waals surface area contributed by atoms with Crippen LogP contribution >= 0.6 is 0 Å². The molecule has 0 aliphatic carbocycles. The summed E-state index contributed by atoms with van der Waals surface area (Å²) in [6.45, 7) is 4.05. The van der Waals surface area contributed by atoms with Crippen molar-refractivity contribution in [3.63, 3.8) is 0 Å². The molecule has 0 bridgehead atoms. The second kappa shape index (κ2) is 9.60. The summed E-state index contributed by atoms with van der Waals surface area (Å²) in [5.41, 5.74) is 2.85. The minimum Gasteiger partial charge on any atom is -0.346 e. The number of carbonyl (C=O) groups excluding carboxylic acids is 2. The molecule has 0 saturated carbocycles. The molecule has 1 aliphatic heterocycles. The van der Waals surface area contributed by atoms with E-state index in [0.717, 1.165) is 37.3 Å². The Morgan fingerprint density at radius 3 is 2.24 bits per heavy atom. The first-order chi connectivity index (χ1) is 15.8. The van der Waals surface area contributed by atoms with E-state index in [4.69, 9.17) is 0 Å². The van der Waals surface area contributed by atoms with Crippen molar-refractivity contribution in [2.24, 2.45) is 14.1 Å². The lowest BCUT2D eigenvalue weighted by molar-refractivity contribution is -0.136. The molecule has 1 saturated heterocycles. The Labute approximate surface area is 192 Å². The number of nitrogens with zero attached hydrogens (tertiary/aromatic N) is 4. The normalized spacial score (nSPS) is 16.0. The Kier molecular flexibility index (Phi) is 6.62. The van der Waals surface area contributed by atoms with Crippen molar-refractivity contribution in [3.05, 3.63) is 64.6 Å². The first kappa shape index (κ1) is 22.8. The molecule has 9 heteroatoms. The van der Waals surface area contributed by atoms with Crippen LogP contribution in [0.3, 0.4) is 0 Å². The van der Waals surface area contributed by atoms with Crippen molar-refractivity contribution in [2.45, 2.75) is 6.04 Å². The third kappa shape index (κ3) is 4.84. The van der Waals surface area contributed by atoms with Crippen molar-refractivity contribution in [1.29, 1.82) is 0 Å². The maximum absolute atomic E-state index is 12.6. The SMILES string of the molecule is CN1CCN([C@@H](CNC(=O)C(=O)Nc2ccc3c(c2)n(C)c(=O)n3C)c2ccccc2)CC1. The minimum atomic E-state index is -0.736. The van der Waals surface area contributed by atoms with Gasteiger partial charge in [0.15, 0.2) is 0 Å². The van der Waals surface area contributed by atoms with Crippen LogP contribution in [0.2, 0.25) is 0 Å². The predicted molar refractivity (Wildman–Crippen MR) is 128 cm³/mol. The molecule has 2 heterocycles. The number of likely N-dealkylation sites (N-methyl/N-ethyl adjacent to an activating group) is 1. The fourth-order valence-corrected chi connectivity index (χ4v) is 4.31. The summed E-state index contributed by atoms with van der Waals surface area (Å²) in [5, 5.41) is 5.45. The standard InChI is InChI=1S/C24H30N6O3/c1-27-11-13-30(14-12-27)21(17-7-5-4-6-8-17)16-25-22(31)23(32)26-18-9-10-19-20(15-18)29(3)24(33)28(19)2/h4-10,15,21H,11-14,16H2,1-3H3,(H,25,31)(H,26,32)/t21-/m0/s1. The molecule has 33 heavy (non-hydrogen) atoms. The summed E-state index contributed by atoms with van der Waals surface area (Å²) in [7, 11) is 5.47. The highest BCUT2D eigenvalue weighted by Gasteiger charge is 2.25. The fraction of sp³-hybridized carbons (Fsp3) is 0.375. The van der Waals surface area contributed by atoms with Crippen LogP contribution < -0.4 is 16.3 Å². The fourth-order valence-electron chi connectivity index (χ4n) is 4.31. The lowest BCUT2D eigenvalue weighted by atomic mass is 10.0. The number of aromatic nitrogens is 2. The van der Waals surface area contributed by atoms with Gasteiger partial charge in [0.1, 0.15) is 0 Å². The Bertz CT molecular complexity index is 1210. The van der Waals surface area contributed by atoms with Gasteiger partial charge in [-0.05, 0) is 30.8 Å². The van der Waals surface area contributed by atoms with Gasteiger partial charge in [0.2, 0.25) is 0 Å². The minimum absolute atomic E-state index is 0.00755. The highest BCUT2D eigenvalue weighted by Crippen LogP contribution is 2.21. The van der Waals surface area contributed by atoms with E-state index in [1.165, 1.54) is 9.13 Å². The quantitative estimate of drug-likeness (QED) is 0.564. The Hall–Kier alpha value is -3.43. The van der Waals surface area contributed by atoms with E-state index in [1.807, 2.05) is 18.2 Å². The molecule has 1 atom stereocenters. The van der Waals surface area contributed by atoms with Gasteiger partial charge in [-0.3, -0.25) is 23.6 Å². The van der Waals surface area contributed by atoms with Crippen molar-refractivity contribution >= 4 is 28.5 Å². The monoisotopic (exact) mass is 450 g/mol. The molecule has 0 unspecified atom stereocenters. The maximum Gasteiger partial charge on any atom is 0.328 e. The predicted octanol–water partition coefficient (Wildman–Crippen LogP) is 0.920. The average molecular weight is 451 g/mol. The molecule has 3 aromatic rings. The molecule has 9 nitrogen and oxygen atoms in total. The van der Waals surface area contributed by atoms with Gasteiger partial charge < -0.3 is 15.5 Å². The smallest absolute Gasteiger partial charge is 0.328 e. The highest BCUT2D eigenvalue weighted by molar-refractivity contribution is 6.39. The first-order valence-corrected chi connectivity index (χ1v) is 11.1. The highest BCUT2D eigenvalue weighted by atomic mass is 16.2.